The molecule has 1 heterocycles. The summed E-state index contributed by atoms with van der Waals surface area (Å²) >= 11 is 11.3. The average Bonchev–Trinajstić information content (AvgIpc) is 2.67. The Labute approximate surface area is 180 Å². The predicted molar refractivity (Wildman–Crippen MR) is 119 cm³/mol. The van der Waals surface area contributed by atoms with Crippen molar-refractivity contribution in [3.8, 4) is 5.75 Å². The third kappa shape index (κ3) is 4.49. The van der Waals surface area contributed by atoms with E-state index in [4.69, 9.17) is 28.6 Å². The van der Waals surface area contributed by atoms with Gasteiger partial charge < -0.3 is 4.74 Å². The van der Waals surface area contributed by atoms with E-state index in [1.807, 2.05) is 31.2 Å². The molecule has 0 aromatic heterocycles. The molecule has 0 atom stereocenters. The Morgan fingerprint density at radius 1 is 1.17 bits per heavy atom. The van der Waals surface area contributed by atoms with Crippen molar-refractivity contribution in [3.05, 3.63) is 64.2 Å². The third-order valence-electron chi connectivity index (χ3n) is 4.49. The first-order valence-corrected chi connectivity index (χ1v) is 10.0. The van der Waals surface area contributed by atoms with E-state index in [9.17, 15) is 9.59 Å². The molecular weight excluding hydrogens is 408 g/mol. The number of carbonyl (C=O) groups is 2. The molecular formula is C22H21ClN2O3S. The van der Waals surface area contributed by atoms with Gasteiger partial charge in [-0.15, -0.1) is 0 Å². The zero-order valence-corrected chi connectivity index (χ0v) is 17.9. The lowest BCUT2D eigenvalue weighted by Crippen LogP contribution is -2.54. The number of halogens is 1. The Kier molecular flexibility index (Phi) is 6.35. The largest absolute Gasteiger partial charge is 0.493 e. The maximum absolute atomic E-state index is 13.2. The summed E-state index contributed by atoms with van der Waals surface area (Å²) in [6.07, 6.45) is 1.48. The van der Waals surface area contributed by atoms with Crippen molar-refractivity contribution in [2.75, 3.05) is 11.5 Å². The number of hydrogen-bond acceptors (Lipinski definition) is 4. The van der Waals surface area contributed by atoms with Gasteiger partial charge in [0.25, 0.3) is 11.8 Å². The Bertz CT molecular complexity index is 1000. The highest BCUT2D eigenvalue weighted by Crippen LogP contribution is 2.28. The molecule has 0 unspecified atom stereocenters. The first-order valence-electron chi connectivity index (χ1n) is 9.25. The van der Waals surface area contributed by atoms with Crippen LogP contribution in [0.25, 0.3) is 6.08 Å². The first-order chi connectivity index (χ1) is 13.8. The van der Waals surface area contributed by atoms with Crippen molar-refractivity contribution in [3.63, 3.8) is 0 Å². The molecule has 0 saturated carbocycles. The number of benzene rings is 2. The Morgan fingerprint density at radius 2 is 1.86 bits per heavy atom. The Hall–Kier alpha value is -2.70. The van der Waals surface area contributed by atoms with Crippen molar-refractivity contribution >= 4 is 52.5 Å². The summed E-state index contributed by atoms with van der Waals surface area (Å²) in [6.45, 7) is 6.47. The fraction of sp³-hybridized carbons (Fsp3) is 0.227. The van der Waals surface area contributed by atoms with E-state index in [0.29, 0.717) is 34.5 Å². The van der Waals surface area contributed by atoms with Crippen molar-refractivity contribution in [1.29, 1.82) is 0 Å². The van der Waals surface area contributed by atoms with Gasteiger partial charge in [-0.2, -0.15) is 0 Å². The summed E-state index contributed by atoms with van der Waals surface area (Å²) < 4.78 is 5.59. The molecule has 0 aliphatic carbocycles. The molecule has 1 saturated heterocycles. The van der Waals surface area contributed by atoms with Crippen LogP contribution in [0, 0.1) is 0 Å². The molecule has 1 N–H and O–H groups in total. The van der Waals surface area contributed by atoms with E-state index in [-0.39, 0.29) is 10.7 Å². The van der Waals surface area contributed by atoms with Gasteiger partial charge in [0, 0.05) is 10.6 Å². The molecule has 0 spiro atoms. The Morgan fingerprint density at radius 3 is 2.48 bits per heavy atom. The summed E-state index contributed by atoms with van der Waals surface area (Å²) in [6, 6.07) is 12.6. The van der Waals surface area contributed by atoms with Crippen molar-refractivity contribution in [2.45, 2.75) is 26.7 Å². The number of rotatable bonds is 5. The first kappa shape index (κ1) is 21.0. The van der Waals surface area contributed by atoms with E-state index >= 15 is 0 Å². The van der Waals surface area contributed by atoms with Gasteiger partial charge in [-0.05, 0) is 67.0 Å². The minimum atomic E-state index is -0.558. The normalized spacial score (nSPS) is 15.8. The van der Waals surface area contributed by atoms with Gasteiger partial charge in [-0.25, -0.2) is 0 Å². The molecule has 29 heavy (non-hydrogen) atoms. The van der Waals surface area contributed by atoms with E-state index < -0.39 is 11.8 Å². The smallest absolute Gasteiger partial charge is 0.270 e. The number of carbonyl (C=O) groups excluding carboxylic acids is 2. The number of nitrogens with one attached hydrogen (secondary N) is 1. The minimum Gasteiger partial charge on any atom is -0.493 e. The zero-order valence-electron chi connectivity index (χ0n) is 16.4. The molecule has 150 valence electrons. The minimum absolute atomic E-state index is 0.0465. The van der Waals surface area contributed by atoms with Gasteiger partial charge in [0.15, 0.2) is 5.11 Å². The third-order valence-corrected chi connectivity index (χ3v) is 5.01. The van der Waals surface area contributed by atoms with E-state index in [2.05, 4.69) is 19.2 Å². The second-order valence-electron chi connectivity index (χ2n) is 6.82. The van der Waals surface area contributed by atoms with Crippen LogP contribution in [0.2, 0.25) is 5.02 Å². The highest BCUT2D eigenvalue weighted by atomic mass is 35.5. The fourth-order valence-corrected chi connectivity index (χ4v) is 3.44. The molecule has 3 rings (SSSR count). The van der Waals surface area contributed by atoms with Gasteiger partial charge in [-0.3, -0.25) is 19.8 Å². The summed E-state index contributed by atoms with van der Waals surface area (Å²) in [4.78, 5) is 27.0. The van der Waals surface area contributed by atoms with E-state index in [1.54, 1.807) is 18.2 Å². The molecule has 1 aliphatic heterocycles. The molecule has 0 radical (unpaired) electrons. The number of thiocarbonyl (C=S) groups is 1. The summed E-state index contributed by atoms with van der Waals surface area (Å²) in [5, 5.41) is 3.11. The molecule has 2 aromatic rings. The van der Waals surface area contributed by atoms with Crippen molar-refractivity contribution in [2.24, 2.45) is 0 Å². The highest BCUT2D eigenvalue weighted by Gasteiger charge is 2.34. The molecule has 2 amide bonds. The van der Waals surface area contributed by atoms with E-state index in [1.165, 1.54) is 11.0 Å². The van der Waals surface area contributed by atoms with E-state index in [0.717, 1.165) is 5.56 Å². The predicted octanol–water partition coefficient (Wildman–Crippen LogP) is 4.69. The van der Waals surface area contributed by atoms with Crippen LogP contribution >= 0.6 is 23.8 Å². The van der Waals surface area contributed by atoms with Gasteiger partial charge in [-0.1, -0.05) is 37.6 Å². The zero-order chi connectivity index (χ0) is 21.1. The monoisotopic (exact) mass is 428 g/mol. The SMILES string of the molecule is CCOc1ccc(Cl)cc1/C=C1/C(=O)NC(=S)N(c2ccc(C(C)C)cc2)C1=O. The second-order valence-corrected chi connectivity index (χ2v) is 7.64. The van der Waals surface area contributed by atoms with Crippen LogP contribution in [0.3, 0.4) is 0 Å². The van der Waals surface area contributed by atoms with Crippen LogP contribution in [0.1, 0.15) is 37.8 Å². The van der Waals surface area contributed by atoms with Crippen LogP contribution in [0.4, 0.5) is 5.69 Å². The molecule has 1 aliphatic rings. The number of anilines is 1. The number of hydrogen-bond donors (Lipinski definition) is 1. The second kappa shape index (κ2) is 8.76. The molecule has 2 aromatic carbocycles. The maximum atomic E-state index is 13.2. The van der Waals surface area contributed by atoms with Crippen molar-refractivity contribution < 1.29 is 14.3 Å². The van der Waals surface area contributed by atoms with Crippen LogP contribution in [0.5, 0.6) is 5.75 Å². The van der Waals surface area contributed by atoms with Gasteiger partial charge in [0.05, 0.1) is 12.3 Å². The molecule has 5 nitrogen and oxygen atoms in total. The van der Waals surface area contributed by atoms with Gasteiger partial charge in [0.1, 0.15) is 11.3 Å². The quantitative estimate of drug-likeness (QED) is 0.426. The molecule has 0 bridgehead atoms. The fourth-order valence-electron chi connectivity index (χ4n) is 2.97. The van der Waals surface area contributed by atoms with Gasteiger partial charge >= 0.3 is 0 Å². The summed E-state index contributed by atoms with van der Waals surface area (Å²) in [7, 11) is 0. The standard InChI is InChI=1S/C22H21ClN2O3S/c1-4-28-19-10-7-16(23)11-15(19)12-18-20(26)24-22(29)25(21(18)27)17-8-5-14(6-9-17)13(2)3/h5-13H,4H2,1-3H3,(H,24,26,29)/b18-12-. The van der Waals surface area contributed by atoms with Crippen LogP contribution in [0.15, 0.2) is 48.0 Å². The topological polar surface area (TPSA) is 58.6 Å². The summed E-state index contributed by atoms with van der Waals surface area (Å²) in [5.41, 5.74) is 2.23. The molecule has 7 heteroatoms. The average molecular weight is 429 g/mol. The molecule has 1 fully saturated rings. The van der Waals surface area contributed by atoms with Crippen LogP contribution < -0.4 is 15.0 Å². The number of nitrogens with zero attached hydrogens (tertiary/aromatic N) is 1. The van der Waals surface area contributed by atoms with Crippen LogP contribution in [-0.2, 0) is 9.59 Å². The van der Waals surface area contributed by atoms with Gasteiger partial charge in [0.2, 0.25) is 0 Å². The maximum Gasteiger partial charge on any atom is 0.270 e. The highest BCUT2D eigenvalue weighted by molar-refractivity contribution is 7.80. The van der Waals surface area contributed by atoms with Crippen LogP contribution in [-0.4, -0.2) is 23.5 Å². The lowest BCUT2D eigenvalue weighted by atomic mass is 10.0. The van der Waals surface area contributed by atoms with Crippen molar-refractivity contribution in [1.82, 2.24) is 5.32 Å². The number of amides is 2. The number of ether oxygens (including phenoxy) is 1. The Balaban J connectivity index is 2.01. The lowest BCUT2D eigenvalue weighted by Gasteiger charge is -2.29. The lowest BCUT2D eigenvalue weighted by molar-refractivity contribution is -0.122. The summed E-state index contributed by atoms with van der Waals surface area (Å²) in [5.74, 6) is -0.162.